The number of benzene rings is 1. The Balaban J connectivity index is 2.30. The monoisotopic (exact) mass is 292 g/mol. The van der Waals surface area contributed by atoms with E-state index in [9.17, 15) is 20.0 Å². The van der Waals surface area contributed by atoms with Gasteiger partial charge in [0.05, 0.1) is 17.1 Å². The first-order valence-corrected chi connectivity index (χ1v) is 7.12. The second-order valence-corrected chi connectivity index (χ2v) is 5.61. The van der Waals surface area contributed by atoms with Crippen molar-refractivity contribution in [1.29, 1.82) is 0 Å². The van der Waals surface area contributed by atoms with Gasteiger partial charge < -0.3 is 10.0 Å². The number of likely N-dealkylation sites (N-methyl/N-ethyl adjacent to an activating group) is 1. The van der Waals surface area contributed by atoms with Crippen LogP contribution in [0.15, 0.2) is 18.2 Å². The molecule has 1 N–H and O–H groups in total. The van der Waals surface area contributed by atoms with E-state index >= 15 is 0 Å². The van der Waals surface area contributed by atoms with Crippen molar-refractivity contribution in [3.63, 3.8) is 0 Å². The molecule has 6 nitrogen and oxygen atoms in total. The molecule has 2 unspecified atom stereocenters. The molecule has 0 heterocycles. The van der Waals surface area contributed by atoms with Crippen molar-refractivity contribution in [2.75, 3.05) is 7.05 Å². The van der Waals surface area contributed by atoms with Gasteiger partial charge in [0.2, 0.25) is 0 Å². The van der Waals surface area contributed by atoms with Gasteiger partial charge in [-0.05, 0) is 31.4 Å². The minimum Gasteiger partial charge on any atom is -0.391 e. The molecule has 1 amide bonds. The number of aliphatic hydroxyl groups excluding tert-OH is 1. The maximum Gasteiger partial charge on any atom is 0.282 e. The Kier molecular flexibility index (Phi) is 4.57. The number of aryl methyl sites for hydroxylation is 1. The summed E-state index contributed by atoms with van der Waals surface area (Å²) in [6.07, 6.45) is 2.73. The van der Waals surface area contributed by atoms with Gasteiger partial charge in [-0.15, -0.1) is 0 Å². The summed E-state index contributed by atoms with van der Waals surface area (Å²) in [4.78, 5) is 24.6. The SMILES string of the molecule is Cc1ccc([N+](=O)[O-])c(C(=O)N(C)C2CCCCC2O)c1. The number of rotatable bonds is 3. The highest BCUT2D eigenvalue weighted by Gasteiger charge is 2.32. The first kappa shape index (κ1) is 15.4. The lowest BCUT2D eigenvalue weighted by Crippen LogP contribution is -2.46. The van der Waals surface area contributed by atoms with Crippen LogP contribution in [-0.4, -0.2) is 40.0 Å². The number of carbonyl (C=O) groups is 1. The summed E-state index contributed by atoms with van der Waals surface area (Å²) in [6, 6.07) is 4.23. The summed E-state index contributed by atoms with van der Waals surface area (Å²) in [5.41, 5.74) is 0.685. The van der Waals surface area contributed by atoms with E-state index in [0.717, 1.165) is 24.8 Å². The van der Waals surface area contributed by atoms with E-state index in [1.165, 1.54) is 17.0 Å². The molecule has 1 aromatic carbocycles. The summed E-state index contributed by atoms with van der Waals surface area (Å²) in [7, 11) is 1.60. The third-order valence-electron chi connectivity index (χ3n) is 4.09. The van der Waals surface area contributed by atoms with E-state index in [2.05, 4.69) is 0 Å². The molecular weight excluding hydrogens is 272 g/mol. The van der Waals surface area contributed by atoms with E-state index in [1.54, 1.807) is 20.0 Å². The molecule has 1 aliphatic rings. The van der Waals surface area contributed by atoms with Crippen molar-refractivity contribution in [1.82, 2.24) is 4.90 Å². The van der Waals surface area contributed by atoms with Crippen molar-refractivity contribution < 1.29 is 14.8 Å². The Morgan fingerprint density at radius 3 is 2.67 bits per heavy atom. The number of hydrogen-bond acceptors (Lipinski definition) is 4. The van der Waals surface area contributed by atoms with Gasteiger partial charge in [0, 0.05) is 13.1 Å². The van der Waals surface area contributed by atoms with Crippen LogP contribution in [0.2, 0.25) is 0 Å². The molecule has 0 aromatic heterocycles. The molecule has 2 atom stereocenters. The number of amides is 1. The van der Waals surface area contributed by atoms with Gasteiger partial charge >= 0.3 is 0 Å². The molecule has 6 heteroatoms. The predicted molar refractivity (Wildman–Crippen MR) is 78.2 cm³/mol. The van der Waals surface area contributed by atoms with Gasteiger partial charge in [-0.3, -0.25) is 14.9 Å². The molecule has 2 rings (SSSR count). The lowest BCUT2D eigenvalue weighted by molar-refractivity contribution is -0.385. The number of nitrogens with zero attached hydrogens (tertiary/aromatic N) is 2. The summed E-state index contributed by atoms with van der Waals surface area (Å²) in [5.74, 6) is -0.406. The Morgan fingerprint density at radius 2 is 2.05 bits per heavy atom. The fourth-order valence-corrected chi connectivity index (χ4v) is 2.86. The van der Waals surface area contributed by atoms with E-state index in [0.29, 0.717) is 6.42 Å². The molecular formula is C15H20N2O4. The first-order chi connectivity index (χ1) is 9.91. The van der Waals surface area contributed by atoms with Gasteiger partial charge in [-0.2, -0.15) is 0 Å². The molecule has 0 aliphatic heterocycles. The van der Waals surface area contributed by atoms with Crippen LogP contribution in [0.1, 0.15) is 41.6 Å². The summed E-state index contributed by atoms with van der Waals surface area (Å²) in [6.45, 7) is 1.79. The minimum atomic E-state index is -0.559. The fraction of sp³-hybridized carbons (Fsp3) is 0.533. The van der Waals surface area contributed by atoms with Crippen molar-refractivity contribution in [3.05, 3.63) is 39.4 Å². The number of aliphatic hydroxyl groups is 1. The Hall–Kier alpha value is -1.95. The maximum atomic E-state index is 12.6. The molecule has 114 valence electrons. The molecule has 1 fully saturated rings. The summed E-state index contributed by atoms with van der Waals surface area (Å²) in [5, 5.41) is 21.1. The van der Waals surface area contributed by atoms with Crippen LogP contribution < -0.4 is 0 Å². The van der Waals surface area contributed by atoms with Crippen LogP contribution >= 0.6 is 0 Å². The quantitative estimate of drug-likeness (QED) is 0.684. The Labute approximate surface area is 123 Å². The molecule has 0 spiro atoms. The predicted octanol–water partition coefficient (Wildman–Crippen LogP) is 2.28. The second kappa shape index (κ2) is 6.22. The van der Waals surface area contributed by atoms with Gasteiger partial charge in [-0.1, -0.05) is 18.9 Å². The van der Waals surface area contributed by atoms with Crippen LogP contribution in [0.4, 0.5) is 5.69 Å². The van der Waals surface area contributed by atoms with E-state index < -0.39 is 16.9 Å². The lowest BCUT2D eigenvalue weighted by atomic mass is 9.91. The van der Waals surface area contributed by atoms with Crippen molar-refractivity contribution in [2.45, 2.75) is 44.8 Å². The average Bonchev–Trinajstić information content (AvgIpc) is 2.45. The van der Waals surface area contributed by atoms with Crippen LogP contribution in [0.3, 0.4) is 0 Å². The smallest absolute Gasteiger partial charge is 0.282 e. The molecule has 0 bridgehead atoms. The van der Waals surface area contributed by atoms with E-state index in [-0.39, 0.29) is 17.3 Å². The largest absolute Gasteiger partial charge is 0.391 e. The summed E-state index contributed by atoms with van der Waals surface area (Å²) < 4.78 is 0. The number of nitro groups is 1. The van der Waals surface area contributed by atoms with Crippen molar-refractivity contribution >= 4 is 11.6 Å². The first-order valence-electron chi connectivity index (χ1n) is 7.12. The van der Waals surface area contributed by atoms with Crippen LogP contribution in [-0.2, 0) is 0 Å². The van der Waals surface area contributed by atoms with Gasteiger partial charge in [0.1, 0.15) is 5.56 Å². The van der Waals surface area contributed by atoms with Crippen LogP contribution in [0.25, 0.3) is 0 Å². The van der Waals surface area contributed by atoms with Crippen LogP contribution in [0, 0.1) is 17.0 Å². The third kappa shape index (κ3) is 3.21. The van der Waals surface area contributed by atoms with Crippen molar-refractivity contribution in [2.24, 2.45) is 0 Å². The molecule has 0 radical (unpaired) electrons. The average molecular weight is 292 g/mol. The standard InChI is InChI=1S/C15H20N2O4/c1-10-7-8-12(17(20)21)11(9-10)15(19)16(2)13-5-3-4-6-14(13)18/h7-9,13-14,18H,3-6H2,1-2H3. The van der Waals surface area contributed by atoms with Crippen molar-refractivity contribution in [3.8, 4) is 0 Å². The Morgan fingerprint density at radius 1 is 1.38 bits per heavy atom. The fourth-order valence-electron chi connectivity index (χ4n) is 2.86. The highest BCUT2D eigenvalue weighted by atomic mass is 16.6. The van der Waals surface area contributed by atoms with E-state index in [4.69, 9.17) is 0 Å². The van der Waals surface area contributed by atoms with Gasteiger partial charge in [0.25, 0.3) is 11.6 Å². The zero-order valence-electron chi connectivity index (χ0n) is 12.3. The topological polar surface area (TPSA) is 83.7 Å². The van der Waals surface area contributed by atoms with Gasteiger partial charge in [-0.25, -0.2) is 0 Å². The number of nitro benzene ring substituents is 1. The maximum absolute atomic E-state index is 12.6. The minimum absolute atomic E-state index is 0.0836. The Bertz CT molecular complexity index is 559. The highest BCUT2D eigenvalue weighted by Crippen LogP contribution is 2.26. The molecule has 21 heavy (non-hydrogen) atoms. The zero-order valence-corrected chi connectivity index (χ0v) is 12.3. The number of hydrogen-bond donors (Lipinski definition) is 1. The third-order valence-corrected chi connectivity index (χ3v) is 4.09. The zero-order chi connectivity index (χ0) is 15.6. The van der Waals surface area contributed by atoms with E-state index in [1.807, 2.05) is 0 Å². The normalized spacial score (nSPS) is 21.9. The number of carbonyl (C=O) groups excluding carboxylic acids is 1. The second-order valence-electron chi connectivity index (χ2n) is 5.61. The molecule has 1 aromatic rings. The summed E-state index contributed by atoms with van der Waals surface area (Å²) >= 11 is 0. The molecule has 0 saturated heterocycles. The lowest BCUT2D eigenvalue weighted by Gasteiger charge is -2.35. The molecule has 1 aliphatic carbocycles. The van der Waals surface area contributed by atoms with Gasteiger partial charge in [0.15, 0.2) is 0 Å². The molecule has 1 saturated carbocycles. The highest BCUT2D eigenvalue weighted by molar-refractivity contribution is 5.98. The van der Waals surface area contributed by atoms with Crippen LogP contribution in [0.5, 0.6) is 0 Å².